The number of allylic oxidation sites excluding steroid dienone is 2. The molecule has 0 aliphatic carbocycles. The SMILES string of the molecule is Oc1cc2c(cc1O)C(=C1C=Nc3cc(O)c(O)cc31)C=N2. The van der Waals surface area contributed by atoms with Crippen molar-refractivity contribution in [3.63, 3.8) is 0 Å². The lowest BCUT2D eigenvalue weighted by atomic mass is 9.96. The molecule has 0 unspecified atom stereocenters. The summed E-state index contributed by atoms with van der Waals surface area (Å²) in [5.41, 5.74) is 3.86. The Morgan fingerprint density at radius 1 is 0.545 bits per heavy atom. The quantitative estimate of drug-likeness (QED) is 0.560. The lowest BCUT2D eigenvalue weighted by molar-refractivity contribution is 0.404. The van der Waals surface area contributed by atoms with Crippen LogP contribution in [0.25, 0.3) is 11.1 Å². The highest BCUT2D eigenvalue weighted by molar-refractivity contribution is 6.37. The molecule has 4 rings (SSSR count). The minimum atomic E-state index is -0.231. The first-order chi connectivity index (χ1) is 10.5. The van der Waals surface area contributed by atoms with Crippen LogP contribution in [0.1, 0.15) is 11.1 Å². The van der Waals surface area contributed by atoms with Crippen LogP contribution in [0.15, 0.2) is 34.3 Å². The van der Waals surface area contributed by atoms with Gasteiger partial charge in [-0.25, -0.2) is 0 Å². The Morgan fingerprint density at radius 3 is 1.32 bits per heavy atom. The topological polar surface area (TPSA) is 106 Å². The molecule has 0 fully saturated rings. The van der Waals surface area contributed by atoms with Gasteiger partial charge in [0.25, 0.3) is 0 Å². The Labute approximate surface area is 124 Å². The van der Waals surface area contributed by atoms with Crippen LogP contribution in [-0.4, -0.2) is 32.9 Å². The van der Waals surface area contributed by atoms with Gasteiger partial charge in [-0.1, -0.05) is 0 Å². The third-order valence-corrected chi connectivity index (χ3v) is 3.72. The minimum absolute atomic E-state index is 0.230. The zero-order valence-corrected chi connectivity index (χ0v) is 11.1. The molecule has 0 aromatic heterocycles. The minimum Gasteiger partial charge on any atom is -0.504 e. The number of benzene rings is 2. The number of rotatable bonds is 0. The number of aliphatic imine (C=N–C) groups is 2. The number of hydrogen-bond acceptors (Lipinski definition) is 6. The molecule has 22 heavy (non-hydrogen) atoms. The normalized spacial score (nSPS) is 17.8. The van der Waals surface area contributed by atoms with Crippen LogP contribution < -0.4 is 0 Å². The van der Waals surface area contributed by atoms with E-state index in [1.54, 1.807) is 12.4 Å². The van der Waals surface area contributed by atoms with Crippen molar-refractivity contribution in [3.05, 3.63) is 35.4 Å². The van der Waals surface area contributed by atoms with Crippen LogP contribution in [0.2, 0.25) is 0 Å². The maximum Gasteiger partial charge on any atom is 0.159 e. The van der Waals surface area contributed by atoms with E-state index in [9.17, 15) is 20.4 Å². The number of phenolic OH excluding ortho intramolecular Hbond substituents is 4. The largest absolute Gasteiger partial charge is 0.504 e. The molecule has 0 saturated heterocycles. The van der Waals surface area contributed by atoms with E-state index in [-0.39, 0.29) is 23.0 Å². The van der Waals surface area contributed by atoms with Crippen LogP contribution >= 0.6 is 0 Å². The third kappa shape index (κ3) is 1.61. The van der Waals surface area contributed by atoms with E-state index in [4.69, 9.17) is 0 Å². The summed E-state index contributed by atoms with van der Waals surface area (Å²) in [6, 6.07) is 5.64. The monoisotopic (exact) mass is 294 g/mol. The maximum atomic E-state index is 9.68. The molecular formula is C16H10N2O4. The van der Waals surface area contributed by atoms with Gasteiger partial charge in [-0.05, 0) is 12.1 Å². The van der Waals surface area contributed by atoms with Gasteiger partial charge in [-0.15, -0.1) is 0 Å². The molecular weight excluding hydrogens is 284 g/mol. The van der Waals surface area contributed by atoms with Gasteiger partial charge in [0.15, 0.2) is 23.0 Å². The van der Waals surface area contributed by atoms with Crippen molar-refractivity contribution < 1.29 is 20.4 Å². The molecule has 6 heteroatoms. The molecule has 4 N–H and O–H groups in total. The summed E-state index contributed by atoms with van der Waals surface area (Å²) >= 11 is 0. The Morgan fingerprint density at radius 2 is 0.909 bits per heavy atom. The summed E-state index contributed by atoms with van der Waals surface area (Å²) in [5, 5.41) is 38.4. The average molecular weight is 294 g/mol. The highest BCUT2D eigenvalue weighted by Gasteiger charge is 2.24. The number of fused-ring (bicyclic) bond motifs is 2. The fourth-order valence-corrected chi connectivity index (χ4v) is 2.61. The second-order valence-corrected chi connectivity index (χ2v) is 5.06. The van der Waals surface area contributed by atoms with Gasteiger partial charge in [0.1, 0.15) is 0 Å². The molecule has 2 heterocycles. The zero-order chi connectivity index (χ0) is 15.4. The molecule has 0 saturated carbocycles. The Hall–Kier alpha value is -3.28. The lowest BCUT2D eigenvalue weighted by Crippen LogP contribution is -1.89. The van der Waals surface area contributed by atoms with Crippen LogP contribution in [0.3, 0.4) is 0 Å². The fourth-order valence-electron chi connectivity index (χ4n) is 2.61. The van der Waals surface area contributed by atoms with E-state index in [1.165, 1.54) is 24.3 Å². The van der Waals surface area contributed by atoms with E-state index in [0.717, 1.165) is 11.1 Å². The molecule has 108 valence electrons. The predicted octanol–water partition coefficient (Wildman–Crippen LogP) is 2.85. The van der Waals surface area contributed by atoms with E-state index in [0.29, 0.717) is 22.5 Å². The molecule has 0 radical (unpaired) electrons. The standard InChI is InChI=1S/C16H10N2O4/c19-13-1-7-9(5-17-11(7)3-15(13)21)10-6-18-12-4-16(22)14(20)2-8(10)12/h1-6,19-22H. The van der Waals surface area contributed by atoms with Crippen LogP contribution in [0, 0.1) is 0 Å². The molecule has 0 atom stereocenters. The summed E-state index contributed by atoms with van der Waals surface area (Å²) in [7, 11) is 0. The molecule has 2 aliphatic heterocycles. The highest BCUT2D eigenvalue weighted by atomic mass is 16.3. The van der Waals surface area contributed by atoms with E-state index in [1.807, 2.05) is 0 Å². The van der Waals surface area contributed by atoms with E-state index < -0.39 is 0 Å². The lowest BCUT2D eigenvalue weighted by Gasteiger charge is -2.07. The van der Waals surface area contributed by atoms with Crippen molar-refractivity contribution >= 4 is 35.0 Å². The Bertz CT molecular complexity index is 851. The van der Waals surface area contributed by atoms with Crippen molar-refractivity contribution in [3.8, 4) is 23.0 Å². The van der Waals surface area contributed by atoms with Gasteiger partial charge in [0.2, 0.25) is 0 Å². The second kappa shape index (κ2) is 4.11. The van der Waals surface area contributed by atoms with Gasteiger partial charge in [0, 0.05) is 46.8 Å². The first-order valence-corrected chi connectivity index (χ1v) is 6.49. The number of hydrogen-bond donors (Lipinski definition) is 4. The molecule has 2 aliphatic rings. The summed E-state index contributed by atoms with van der Waals surface area (Å²) in [5.74, 6) is -0.924. The molecule has 2 aromatic carbocycles. The van der Waals surface area contributed by atoms with Crippen molar-refractivity contribution in [1.29, 1.82) is 0 Å². The summed E-state index contributed by atoms with van der Waals surface area (Å²) in [6.07, 6.45) is 3.23. The van der Waals surface area contributed by atoms with Crippen LogP contribution in [0.4, 0.5) is 11.4 Å². The fraction of sp³-hybridized carbons (Fsp3) is 0. The van der Waals surface area contributed by atoms with Crippen molar-refractivity contribution in [2.24, 2.45) is 9.98 Å². The maximum absolute atomic E-state index is 9.68. The summed E-state index contributed by atoms with van der Waals surface area (Å²) in [6.45, 7) is 0. The Balaban J connectivity index is 1.95. The smallest absolute Gasteiger partial charge is 0.159 e. The molecule has 0 spiro atoms. The van der Waals surface area contributed by atoms with Crippen molar-refractivity contribution in [1.82, 2.24) is 0 Å². The highest BCUT2D eigenvalue weighted by Crippen LogP contribution is 2.46. The van der Waals surface area contributed by atoms with Gasteiger partial charge in [0.05, 0.1) is 11.4 Å². The van der Waals surface area contributed by atoms with E-state index >= 15 is 0 Å². The molecule has 0 amide bonds. The predicted molar refractivity (Wildman–Crippen MR) is 82.7 cm³/mol. The number of phenols is 4. The first kappa shape index (κ1) is 12.5. The second-order valence-electron chi connectivity index (χ2n) is 5.06. The summed E-state index contributed by atoms with van der Waals surface area (Å²) < 4.78 is 0. The first-order valence-electron chi connectivity index (χ1n) is 6.49. The zero-order valence-electron chi connectivity index (χ0n) is 11.1. The van der Waals surface area contributed by atoms with Crippen molar-refractivity contribution in [2.45, 2.75) is 0 Å². The van der Waals surface area contributed by atoms with Gasteiger partial charge < -0.3 is 20.4 Å². The van der Waals surface area contributed by atoms with Crippen LogP contribution in [0.5, 0.6) is 23.0 Å². The number of nitrogens with zero attached hydrogens (tertiary/aromatic N) is 2. The average Bonchev–Trinajstić information content (AvgIpc) is 3.04. The van der Waals surface area contributed by atoms with E-state index in [2.05, 4.69) is 9.98 Å². The van der Waals surface area contributed by atoms with Gasteiger partial charge in [-0.3, -0.25) is 9.98 Å². The number of aromatic hydroxyl groups is 4. The van der Waals surface area contributed by atoms with Crippen LogP contribution in [-0.2, 0) is 0 Å². The molecule has 6 nitrogen and oxygen atoms in total. The molecule has 0 bridgehead atoms. The summed E-state index contributed by atoms with van der Waals surface area (Å²) in [4.78, 5) is 8.43. The van der Waals surface area contributed by atoms with Gasteiger partial charge >= 0.3 is 0 Å². The Kier molecular flexibility index (Phi) is 2.33. The van der Waals surface area contributed by atoms with Crippen molar-refractivity contribution in [2.75, 3.05) is 0 Å². The third-order valence-electron chi connectivity index (χ3n) is 3.72. The molecule has 2 aromatic rings. The van der Waals surface area contributed by atoms with Gasteiger partial charge in [-0.2, -0.15) is 0 Å².